The van der Waals surface area contributed by atoms with E-state index in [1.54, 1.807) is 18.2 Å². The summed E-state index contributed by atoms with van der Waals surface area (Å²) in [6.45, 7) is -0.233. The van der Waals surface area contributed by atoms with E-state index >= 15 is 0 Å². The summed E-state index contributed by atoms with van der Waals surface area (Å²) in [6, 6.07) is 9.15. The molecular weight excluding hydrogens is 524 g/mol. The second-order valence-corrected chi connectivity index (χ2v) is 9.68. The molecule has 2 atom stereocenters. The van der Waals surface area contributed by atoms with E-state index in [1.165, 1.54) is 25.3 Å². The Morgan fingerprint density at radius 1 is 1.00 bits per heavy atom. The molecule has 2 aromatic carbocycles. The number of halogens is 5. The Morgan fingerprint density at radius 2 is 1.66 bits per heavy atom. The molecule has 2 aromatic rings. The monoisotopic (exact) mass is 537 g/mol. The van der Waals surface area contributed by atoms with E-state index in [0.29, 0.717) is 15.6 Å². The number of methoxy groups -OCH3 is 1. The van der Waals surface area contributed by atoms with E-state index in [0.717, 1.165) is 0 Å². The minimum atomic E-state index is -1.35. The predicted molar refractivity (Wildman–Crippen MR) is 125 cm³/mol. The van der Waals surface area contributed by atoms with Crippen molar-refractivity contribution in [3.8, 4) is 0 Å². The van der Waals surface area contributed by atoms with E-state index in [1.807, 2.05) is 0 Å². The third kappa shape index (κ3) is 5.60. The largest absolute Gasteiger partial charge is 0.375 e. The number of anilines is 1. The van der Waals surface area contributed by atoms with E-state index in [-0.39, 0.29) is 22.9 Å². The summed E-state index contributed by atoms with van der Waals surface area (Å²) in [4.78, 5) is 36.6. The van der Waals surface area contributed by atoms with Crippen LogP contribution < -0.4 is 16.2 Å². The van der Waals surface area contributed by atoms with Gasteiger partial charge >= 0.3 is 0 Å². The first-order valence-corrected chi connectivity index (χ1v) is 11.0. The molecule has 1 saturated carbocycles. The number of nitrogens with one attached hydrogen (secondary N) is 3. The van der Waals surface area contributed by atoms with Gasteiger partial charge in [-0.3, -0.25) is 25.2 Å². The molecule has 0 bridgehead atoms. The van der Waals surface area contributed by atoms with Crippen LogP contribution in [0.25, 0.3) is 0 Å². The maximum Gasteiger partial charge on any atom is 0.271 e. The standard InChI is InChI=1S/C20H16Cl5N3O4/c1-32-8-15(29)27-28-18(30)13-7-12(2-3-14(13)23)26-19(31)17-16(20(17,24)25)9-4-10(21)6-11(22)5-9/h2-7,16-17H,8H2,1H3,(H,26,31)(H,27,29)(H,28,30). The molecule has 1 aliphatic rings. The minimum absolute atomic E-state index is 0.0270. The molecule has 1 fully saturated rings. The van der Waals surface area contributed by atoms with Crippen molar-refractivity contribution in [2.24, 2.45) is 5.92 Å². The molecule has 0 heterocycles. The zero-order chi connectivity index (χ0) is 23.6. The summed E-state index contributed by atoms with van der Waals surface area (Å²) >= 11 is 30.9. The normalized spacial score (nSPS) is 18.6. The van der Waals surface area contributed by atoms with Crippen molar-refractivity contribution in [1.29, 1.82) is 0 Å². The molecule has 3 N–H and O–H groups in total. The summed E-state index contributed by atoms with van der Waals surface area (Å²) < 4.78 is 3.30. The maximum absolute atomic E-state index is 12.8. The Kier molecular flexibility index (Phi) is 7.81. The summed E-state index contributed by atoms with van der Waals surface area (Å²) in [7, 11) is 1.34. The first-order valence-electron chi connectivity index (χ1n) is 9.07. The Morgan fingerprint density at radius 3 is 2.28 bits per heavy atom. The molecule has 1 aliphatic carbocycles. The zero-order valence-corrected chi connectivity index (χ0v) is 20.1. The first-order chi connectivity index (χ1) is 15.0. The Bertz CT molecular complexity index is 1060. The molecule has 12 heteroatoms. The smallest absolute Gasteiger partial charge is 0.271 e. The van der Waals surface area contributed by atoms with Crippen LogP contribution in [-0.4, -0.2) is 35.8 Å². The topological polar surface area (TPSA) is 96.5 Å². The highest BCUT2D eigenvalue weighted by molar-refractivity contribution is 6.53. The molecule has 2 unspecified atom stereocenters. The van der Waals surface area contributed by atoms with Gasteiger partial charge in [-0.25, -0.2) is 0 Å². The van der Waals surface area contributed by atoms with Crippen molar-refractivity contribution < 1.29 is 19.1 Å². The zero-order valence-electron chi connectivity index (χ0n) is 16.3. The predicted octanol–water partition coefficient (Wildman–Crippen LogP) is 4.58. The lowest BCUT2D eigenvalue weighted by molar-refractivity contribution is -0.125. The fraction of sp³-hybridized carbons (Fsp3) is 0.250. The molecule has 0 aromatic heterocycles. The van der Waals surface area contributed by atoms with Crippen LogP contribution in [0.3, 0.4) is 0 Å². The molecule has 3 rings (SSSR count). The molecule has 0 saturated heterocycles. The van der Waals surface area contributed by atoms with Crippen molar-refractivity contribution in [3.63, 3.8) is 0 Å². The van der Waals surface area contributed by atoms with E-state index in [2.05, 4.69) is 20.9 Å². The molecule has 0 radical (unpaired) electrons. The SMILES string of the molecule is COCC(=O)NNC(=O)c1cc(NC(=O)C2C(c3cc(Cl)cc(Cl)c3)C2(Cl)Cl)ccc1Cl. The number of hydrogen-bond donors (Lipinski definition) is 3. The Balaban J connectivity index is 1.72. The van der Waals surface area contributed by atoms with Crippen LogP contribution in [-0.2, 0) is 14.3 Å². The summed E-state index contributed by atoms with van der Waals surface area (Å²) in [5, 5.41) is 3.58. The highest BCUT2D eigenvalue weighted by Crippen LogP contribution is 2.65. The number of rotatable bonds is 6. The number of amides is 3. The van der Waals surface area contributed by atoms with Crippen molar-refractivity contribution >= 4 is 81.4 Å². The lowest BCUT2D eigenvalue weighted by Crippen LogP contribution is -2.43. The van der Waals surface area contributed by atoms with Crippen molar-refractivity contribution in [1.82, 2.24) is 10.9 Å². The van der Waals surface area contributed by atoms with Crippen LogP contribution in [0.1, 0.15) is 21.8 Å². The van der Waals surface area contributed by atoms with Gasteiger partial charge in [-0.05, 0) is 42.0 Å². The second kappa shape index (κ2) is 10.0. The van der Waals surface area contributed by atoms with Gasteiger partial charge in [-0.1, -0.05) is 34.8 Å². The van der Waals surface area contributed by atoms with Crippen LogP contribution in [0, 0.1) is 5.92 Å². The molecule has 32 heavy (non-hydrogen) atoms. The van der Waals surface area contributed by atoms with Crippen molar-refractivity contribution in [2.45, 2.75) is 10.3 Å². The molecule has 3 amide bonds. The third-order valence-electron chi connectivity index (χ3n) is 4.65. The third-order valence-corrected chi connectivity index (χ3v) is 6.36. The van der Waals surface area contributed by atoms with Crippen molar-refractivity contribution in [2.75, 3.05) is 19.0 Å². The molecule has 170 valence electrons. The van der Waals surface area contributed by atoms with Crippen LogP contribution in [0.15, 0.2) is 36.4 Å². The van der Waals surface area contributed by atoms with Gasteiger partial charge < -0.3 is 10.1 Å². The number of carbonyl (C=O) groups is 3. The number of hydrogen-bond acceptors (Lipinski definition) is 4. The first kappa shape index (κ1) is 24.9. The van der Waals surface area contributed by atoms with Crippen LogP contribution >= 0.6 is 58.0 Å². The van der Waals surface area contributed by atoms with Gasteiger partial charge in [-0.15, -0.1) is 23.2 Å². The molecular formula is C20H16Cl5N3O4. The highest BCUT2D eigenvalue weighted by atomic mass is 35.5. The maximum atomic E-state index is 12.8. The number of carbonyl (C=O) groups excluding carboxylic acids is 3. The van der Waals surface area contributed by atoms with Gasteiger partial charge in [0.25, 0.3) is 11.8 Å². The van der Waals surface area contributed by atoms with Gasteiger partial charge in [-0.2, -0.15) is 0 Å². The summed E-state index contributed by atoms with van der Waals surface area (Å²) in [6.07, 6.45) is 0. The average Bonchev–Trinajstić information content (AvgIpc) is 3.29. The summed E-state index contributed by atoms with van der Waals surface area (Å²) in [5.74, 6) is -2.99. The van der Waals surface area contributed by atoms with E-state index < -0.39 is 33.9 Å². The summed E-state index contributed by atoms with van der Waals surface area (Å²) in [5.41, 5.74) is 5.33. The van der Waals surface area contributed by atoms with Crippen molar-refractivity contribution in [3.05, 3.63) is 62.6 Å². The van der Waals surface area contributed by atoms with Crippen LogP contribution in [0.2, 0.25) is 15.1 Å². The molecule has 7 nitrogen and oxygen atoms in total. The molecule has 0 spiro atoms. The van der Waals surface area contributed by atoms with E-state index in [9.17, 15) is 14.4 Å². The fourth-order valence-electron chi connectivity index (χ4n) is 3.18. The van der Waals surface area contributed by atoms with Crippen LogP contribution in [0.5, 0.6) is 0 Å². The lowest BCUT2D eigenvalue weighted by atomic mass is 10.1. The number of alkyl halides is 2. The van der Waals surface area contributed by atoms with Crippen LogP contribution in [0.4, 0.5) is 5.69 Å². The Labute approximate surface area is 208 Å². The number of ether oxygens (including phenoxy) is 1. The van der Waals surface area contributed by atoms with Gasteiger partial charge in [0, 0.05) is 28.8 Å². The quantitative estimate of drug-likeness (QED) is 0.370. The lowest BCUT2D eigenvalue weighted by Gasteiger charge is -2.11. The second-order valence-electron chi connectivity index (χ2n) is 6.95. The Hall–Kier alpha value is -1.74. The highest BCUT2D eigenvalue weighted by Gasteiger charge is 2.67. The minimum Gasteiger partial charge on any atom is -0.375 e. The van der Waals surface area contributed by atoms with Gasteiger partial charge in [0.2, 0.25) is 5.91 Å². The van der Waals surface area contributed by atoms with Gasteiger partial charge in [0.05, 0.1) is 16.5 Å². The number of benzene rings is 2. The van der Waals surface area contributed by atoms with Gasteiger partial charge in [0.15, 0.2) is 0 Å². The average molecular weight is 540 g/mol. The fourth-order valence-corrected chi connectivity index (χ4v) is 4.75. The van der Waals surface area contributed by atoms with Gasteiger partial charge in [0.1, 0.15) is 10.9 Å². The number of hydrazine groups is 1. The van der Waals surface area contributed by atoms with E-state index in [4.69, 9.17) is 58.0 Å². The molecule has 0 aliphatic heterocycles.